The minimum Gasteiger partial charge on any atom is -0.496 e. The van der Waals surface area contributed by atoms with Crippen molar-refractivity contribution in [2.24, 2.45) is 0 Å². The molecule has 2 aromatic carbocycles. The molecule has 0 bridgehead atoms. The lowest BCUT2D eigenvalue weighted by molar-refractivity contribution is 0.104. The zero-order valence-corrected chi connectivity index (χ0v) is 17.0. The smallest absolute Gasteiger partial charge is 0.200 e. The van der Waals surface area contributed by atoms with E-state index in [0.29, 0.717) is 51.8 Å². The van der Waals surface area contributed by atoms with E-state index in [1.54, 1.807) is 37.5 Å². The van der Waals surface area contributed by atoms with E-state index < -0.39 is 0 Å². The Morgan fingerprint density at radius 1 is 1.19 bits per heavy atom. The molecular formula is C20H21BrN2O4. The zero-order valence-electron chi connectivity index (χ0n) is 15.4. The average molecular weight is 433 g/mol. The number of hydrogen-bond acceptors (Lipinski definition) is 6. The Balaban J connectivity index is 1.93. The van der Waals surface area contributed by atoms with Crippen LogP contribution in [0.15, 0.2) is 34.8 Å². The number of ether oxygens (including phenoxy) is 3. The van der Waals surface area contributed by atoms with Gasteiger partial charge in [-0.3, -0.25) is 4.79 Å². The molecule has 27 heavy (non-hydrogen) atoms. The lowest BCUT2D eigenvalue weighted by Crippen LogP contribution is -2.15. The van der Waals surface area contributed by atoms with Crippen molar-refractivity contribution in [3.8, 4) is 17.2 Å². The highest BCUT2D eigenvalue weighted by Gasteiger charge is 2.18. The summed E-state index contributed by atoms with van der Waals surface area (Å²) >= 11 is 3.38. The Morgan fingerprint density at radius 3 is 2.44 bits per heavy atom. The topological polar surface area (TPSA) is 74.0 Å². The maximum Gasteiger partial charge on any atom is 0.200 e. The van der Waals surface area contributed by atoms with Crippen LogP contribution in [0, 0.1) is 0 Å². The molecular weight excluding hydrogens is 412 g/mol. The summed E-state index contributed by atoms with van der Waals surface area (Å²) in [5.41, 5.74) is 8.67. The van der Waals surface area contributed by atoms with Crippen LogP contribution in [0.4, 0.5) is 11.4 Å². The molecule has 0 radical (unpaired) electrons. The molecule has 0 saturated heterocycles. The Labute approximate surface area is 166 Å². The molecule has 0 atom stereocenters. The summed E-state index contributed by atoms with van der Waals surface area (Å²) in [4.78, 5) is 14.7. The lowest BCUT2D eigenvalue weighted by Gasteiger charge is -2.20. The molecule has 0 spiro atoms. The predicted molar refractivity (Wildman–Crippen MR) is 110 cm³/mol. The minimum absolute atomic E-state index is 0.177. The molecule has 6 nitrogen and oxygen atoms in total. The summed E-state index contributed by atoms with van der Waals surface area (Å²) < 4.78 is 17.0. The second kappa shape index (κ2) is 7.92. The van der Waals surface area contributed by atoms with Gasteiger partial charge < -0.3 is 24.8 Å². The summed E-state index contributed by atoms with van der Waals surface area (Å²) in [6.45, 7) is 0.984. The van der Waals surface area contributed by atoms with Gasteiger partial charge in [-0.2, -0.15) is 0 Å². The van der Waals surface area contributed by atoms with Gasteiger partial charge in [-0.25, -0.2) is 0 Å². The fourth-order valence-corrected chi connectivity index (χ4v) is 3.29. The summed E-state index contributed by atoms with van der Waals surface area (Å²) in [7, 11) is 5.37. The Bertz CT molecular complexity index is 909. The number of nitrogens with two attached hydrogens (primary N) is 1. The van der Waals surface area contributed by atoms with Crippen LogP contribution in [-0.2, 0) is 0 Å². The van der Waals surface area contributed by atoms with Crippen LogP contribution in [0.25, 0.3) is 6.08 Å². The SMILES string of the molecule is COc1cc2c(cc1C=C(Br)C(=O)c1ccc(N(C)C)c(N)c1)OCCO2. The minimum atomic E-state index is -0.177. The molecule has 1 aliphatic heterocycles. The maximum absolute atomic E-state index is 12.8. The largest absolute Gasteiger partial charge is 0.496 e. The highest BCUT2D eigenvalue weighted by Crippen LogP contribution is 2.38. The van der Waals surface area contributed by atoms with Gasteiger partial charge in [0.25, 0.3) is 0 Å². The van der Waals surface area contributed by atoms with Crippen LogP contribution in [0.1, 0.15) is 15.9 Å². The van der Waals surface area contributed by atoms with Gasteiger partial charge in [-0.1, -0.05) is 0 Å². The van der Waals surface area contributed by atoms with E-state index in [2.05, 4.69) is 15.9 Å². The molecule has 2 aromatic rings. The number of Topliss-reactive ketones (excluding diaryl/α,β-unsaturated/α-hetero) is 1. The number of allylic oxidation sites excluding steroid dienone is 1. The normalized spacial score (nSPS) is 13.3. The standard InChI is InChI=1S/C20H21BrN2O4/c1-23(2)16-5-4-12(9-15(16)22)20(24)14(21)8-13-10-18-19(11-17(13)25-3)27-7-6-26-18/h4-5,8-11H,6-7,22H2,1-3H3. The quantitative estimate of drug-likeness (QED) is 0.440. The van der Waals surface area contributed by atoms with E-state index in [-0.39, 0.29) is 5.78 Å². The van der Waals surface area contributed by atoms with Gasteiger partial charge in [-0.05, 0) is 46.3 Å². The van der Waals surface area contributed by atoms with Gasteiger partial charge >= 0.3 is 0 Å². The fourth-order valence-electron chi connectivity index (χ4n) is 2.82. The first-order valence-electron chi connectivity index (χ1n) is 8.37. The number of nitrogen functional groups attached to an aromatic ring is 1. The Hall–Kier alpha value is -2.67. The van der Waals surface area contributed by atoms with Gasteiger partial charge in [0.05, 0.1) is 23.0 Å². The molecule has 3 rings (SSSR count). The monoisotopic (exact) mass is 432 g/mol. The highest BCUT2D eigenvalue weighted by molar-refractivity contribution is 9.12. The summed E-state index contributed by atoms with van der Waals surface area (Å²) in [6, 6.07) is 8.81. The second-order valence-corrected chi connectivity index (χ2v) is 7.08. The Morgan fingerprint density at radius 2 is 1.85 bits per heavy atom. The van der Waals surface area contributed by atoms with Gasteiger partial charge in [0.15, 0.2) is 17.3 Å². The number of anilines is 2. The lowest BCUT2D eigenvalue weighted by atomic mass is 10.1. The third kappa shape index (κ3) is 4.03. The van der Waals surface area contributed by atoms with E-state index in [1.807, 2.05) is 25.1 Å². The van der Waals surface area contributed by atoms with E-state index in [0.717, 1.165) is 5.69 Å². The number of methoxy groups -OCH3 is 1. The molecule has 0 amide bonds. The van der Waals surface area contributed by atoms with Crippen LogP contribution in [0.2, 0.25) is 0 Å². The van der Waals surface area contributed by atoms with Crippen LogP contribution < -0.4 is 24.8 Å². The molecule has 0 fully saturated rings. The van der Waals surface area contributed by atoms with Crippen molar-refractivity contribution in [2.75, 3.05) is 45.1 Å². The van der Waals surface area contributed by atoms with E-state index in [4.69, 9.17) is 19.9 Å². The third-order valence-electron chi connectivity index (χ3n) is 4.17. The van der Waals surface area contributed by atoms with Crippen molar-refractivity contribution >= 4 is 39.2 Å². The Kier molecular flexibility index (Phi) is 5.60. The zero-order chi connectivity index (χ0) is 19.6. The van der Waals surface area contributed by atoms with E-state index in [9.17, 15) is 4.79 Å². The van der Waals surface area contributed by atoms with Crippen LogP contribution in [-0.4, -0.2) is 40.2 Å². The number of hydrogen-bond donors (Lipinski definition) is 1. The molecule has 0 aliphatic carbocycles. The van der Waals surface area contributed by atoms with Crippen molar-refractivity contribution in [2.45, 2.75) is 0 Å². The van der Waals surface area contributed by atoms with Gasteiger partial charge in [-0.15, -0.1) is 0 Å². The number of carbonyl (C=O) groups excluding carboxylic acids is 1. The molecule has 142 valence electrons. The van der Waals surface area contributed by atoms with Crippen molar-refractivity contribution in [3.05, 3.63) is 45.9 Å². The van der Waals surface area contributed by atoms with Crippen molar-refractivity contribution < 1.29 is 19.0 Å². The maximum atomic E-state index is 12.8. The number of nitrogens with zero attached hydrogens (tertiary/aromatic N) is 1. The van der Waals surface area contributed by atoms with Crippen LogP contribution in [0.5, 0.6) is 17.2 Å². The number of benzene rings is 2. The first-order chi connectivity index (χ1) is 12.9. The molecule has 7 heteroatoms. The molecule has 1 heterocycles. The number of carbonyl (C=O) groups is 1. The number of fused-ring (bicyclic) bond motifs is 1. The van der Waals surface area contributed by atoms with Crippen molar-refractivity contribution in [1.29, 1.82) is 0 Å². The average Bonchev–Trinajstić information content (AvgIpc) is 2.66. The first-order valence-corrected chi connectivity index (χ1v) is 9.16. The van der Waals surface area contributed by atoms with Crippen LogP contribution >= 0.6 is 15.9 Å². The fraction of sp³-hybridized carbons (Fsp3) is 0.250. The number of halogens is 1. The third-order valence-corrected chi connectivity index (χ3v) is 4.75. The van der Waals surface area contributed by atoms with Crippen molar-refractivity contribution in [1.82, 2.24) is 0 Å². The highest BCUT2D eigenvalue weighted by atomic mass is 79.9. The second-order valence-electron chi connectivity index (χ2n) is 6.23. The van der Waals surface area contributed by atoms with Crippen LogP contribution in [0.3, 0.4) is 0 Å². The first kappa shape index (κ1) is 19.1. The summed E-state index contributed by atoms with van der Waals surface area (Å²) in [5.74, 6) is 1.67. The summed E-state index contributed by atoms with van der Waals surface area (Å²) in [6.07, 6.45) is 1.70. The molecule has 0 saturated carbocycles. The van der Waals surface area contributed by atoms with Gasteiger partial charge in [0.1, 0.15) is 19.0 Å². The number of ketones is 1. The van der Waals surface area contributed by atoms with E-state index in [1.165, 1.54) is 0 Å². The van der Waals surface area contributed by atoms with E-state index >= 15 is 0 Å². The summed E-state index contributed by atoms with van der Waals surface area (Å²) in [5, 5.41) is 0. The molecule has 1 aliphatic rings. The molecule has 2 N–H and O–H groups in total. The van der Waals surface area contributed by atoms with Gasteiger partial charge in [0.2, 0.25) is 0 Å². The molecule has 0 unspecified atom stereocenters. The van der Waals surface area contributed by atoms with Crippen molar-refractivity contribution in [3.63, 3.8) is 0 Å². The number of rotatable bonds is 5. The van der Waals surface area contributed by atoms with Gasteiger partial charge in [0, 0.05) is 31.3 Å². The molecule has 0 aromatic heterocycles. The predicted octanol–water partition coefficient (Wildman–Crippen LogP) is 3.73.